The summed E-state index contributed by atoms with van der Waals surface area (Å²) in [5, 5.41) is 3.39. The number of likely N-dealkylation sites (tertiary alicyclic amines) is 1. The van der Waals surface area contributed by atoms with Gasteiger partial charge in [0, 0.05) is 40.3 Å². The number of aliphatic imine (C=N–C) groups is 1. The van der Waals surface area contributed by atoms with Gasteiger partial charge in [0.1, 0.15) is 0 Å². The van der Waals surface area contributed by atoms with Crippen molar-refractivity contribution in [2.75, 3.05) is 40.4 Å². The number of nitrogens with one attached hydrogen (secondary N) is 2. The van der Waals surface area contributed by atoms with E-state index in [1.807, 2.05) is 6.07 Å². The molecule has 8 heteroatoms. The molecule has 1 aliphatic carbocycles. The summed E-state index contributed by atoms with van der Waals surface area (Å²) in [4.78, 5) is 7.01. The molecule has 1 saturated heterocycles. The zero-order valence-corrected chi connectivity index (χ0v) is 17.0. The van der Waals surface area contributed by atoms with Crippen LogP contribution in [0.25, 0.3) is 0 Å². The van der Waals surface area contributed by atoms with E-state index >= 15 is 0 Å². The third-order valence-corrected chi connectivity index (χ3v) is 7.08. The molecule has 2 fully saturated rings. The second-order valence-electron chi connectivity index (χ2n) is 7.46. The standard InChI is InChI=1S/C19H30N4O3S/c1-20-18(23-11-9-19(15-23)7-4-8-19)21-14-16-5-3-6-17(13-16)27(24,25)22-10-12-26-2/h3,5-6,13,22H,4,7-12,14-15H2,1-2H3,(H,20,21). The topological polar surface area (TPSA) is 83.0 Å². The number of sulfonamides is 1. The van der Waals surface area contributed by atoms with Crippen molar-refractivity contribution in [2.45, 2.75) is 37.1 Å². The summed E-state index contributed by atoms with van der Waals surface area (Å²) in [7, 11) is -0.182. The Labute approximate surface area is 162 Å². The van der Waals surface area contributed by atoms with Crippen LogP contribution in [0.5, 0.6) is 0 Å². The monoisotopic (exact) mass is 394 g/mol. The molecule has 0 atom stereocenters. The molecule has 7 nitrogen and oxygen atoms in total. The smallest absolute Gasteiger partial charge is 0.240 e. The molecule has 0 bridgehead atoms. The highest BCUT2D eigenvalue weighted by atomic mass is 32.2. The Morgan fingerprint density at radius 2 is 2.15 bits per heavy atom. The van der Waals surface area contributed by atoms with Crippen LogP contribution in [-0.4, -0.2) is 59.7 Å². The van der Waals surface area contributed by atoms with Crippen molar-refractivity contribution in [3.63, 3.8) is 0 Å². The Balaban J connectivity index is 1.59. The van der Waals surface area contributed by atoms with Crippen LogP contribution in [0.2, 0.25) is 0 Å². The molecule has 0 radical (unpaired) electrons. The average Bonchev–Trinajstić information content (AvgIpc) is 3.09. The predicted molar refractivity (Wildman–Crippen MR) is 106 cm³/mol. The number of guanidine groups is 1. The molecule has 1 saturated carbocycles. The maximum absolute atomic E-state index is 12.4. The second-order valence-corrected chi connectivity index (χ2v) is 9.23. The van der Waals surface area contributed by atoms with Crippen LogP contribution in [-0.2, 0) is 21.3 Å². The number of hydrogen-bond acceptors (Lipinski definition) is 4. The van der Waals surface area contributed by atoms with E-state index in [4.69, 9.17) is 4.74 Å². The highest BCUT2D eigenvalue weighted by Gasteiger charge is 2.43. The molecule has 0 aromatic heterocycles. The summed E-state index contributed by atoms with van der Waals surface area (Å²) in [6.07, 6.45) is 5.25. The van der Waals surface area contributed by atoms with Crippen molar-refractivity contribution < 1.29 is 13.2 Å². The third kappa shape index (κ3) is 4.80. The summed E-state index contributed by atoms with van der Waals surface area (Å²) in [5.41, 5.74) is 1.42. The Bertz CT molecular complexity index is 775. The molecular weight excluding hydrogens is 364 g/mol. The van der Waals surface area contributed by atoms with Gasteiger partial charge in [-0.1, -0.05) is 18.6 Å². The first-order chi connectivity index (χ1) is 13.0. The van der Waals surface area contributed by atoms with Crippen molar-refractivity contribution in [3.8, 4) is 0 Å². The lowest BCUT2D eigenvalue weighted by Gasteiger charge is -2.38. The minimum absolute atomic E-state index is 0.255. The van der Waals surface area contributed by atoms with Gasteiger partial charge in [-0.2, -0.15) is 0 Å². The minimum Gasteiger partial charge on any atom is -0.383 e. The first-order valence-electron chi connectivity index (χ1n) is 9.51. The van der Waals surface area contributed by atoms with E-state index in [1.54, 1.807) is 32.4 Å². The molecule has 2 N–H and O–H groups in total. The molecule has 3 rings (SSSR count). The van der Waals surface area contributed by atoms with Crippen LogP contribution in [0.15, 0.2) is 34.2 Å². The van der Waals surface area contributed by atoms with Crippen LogP contribution >= 0.6 is 0 Å². The molecule has 0 unspecified atom stereocenters. The highest BCUT2D eigenvalue weighted by Crippen LogP contribution is 2.47. The molecule has 150 valence electrons. The summed E-state index contributed by atoms with van der Waals surface area (Å²) < 4.78 is 32.1. The van der Waals surface area contributed by atoms with E-state index in [9.17, 15) is 8.42 Å². The zero-order valence-electron chi connectivity index (χ0n) is 16.2. The fraction of sp³-hybridized carbons (Fsp3) is 0.632. The minimum atomic E-state index is -3.52. The van der Waals surface area contributed by atoms with Gasteiger partial charge in [0.2, 0.25) is 10.0 Å². The average molecular weight is 395 g/mol. The maximum Gasteiger partial charge on any atom is 0.240 e. The van der Waals surface area contributed by atoms with Crippen molar-refractivity contribution in [3.05, 3.63) is 29.8 Å². The van der Waals surface area contributed by atoms with Gasteiger partial charge >= 0.3 is 0 Å². The summed E-state index contributed by atoms with van der Waals surface area (Å²) in [6.45, 7) is 3.25. The molecule has 1 aliphatic heterocycles. The normalized spacial score (nSPS) is 19.3. The molecule has 1 spiro atoms. The van der Waals surface area contributed by atoms with Crippen LogP contribution in [0.4, 0.5) is 0 Å². The molecule has 1 aromatic carbocycles. The van der Waals surface area contributed by atoms with Crippen LogP contribution in [0.1, 0.15) is 31.2 Å². The number of ether oxygens (including phenoxy) is 1. The lowest BCUT2D eigenvalue weighted by Crippen LogP contribution is -2.42. The number of methoxy groups -OCH3 is 1. The van der Waals surface area contributed by atoms with Crippen LogP contribution < -0.4 is 10.0 Å². The van der Waals surface area contributed by atoms with E-state index in [0.717, 1.165) is 24.6 Å². The fourth-order valence-electron chi connectivity index (χ4n) is 3.90. The van der Waals surface area contributed by atoms with Crippen molar-refractivity contribution in [1.82, 2.24) is 14.9 Å². The zero-order chi connectivity index (χ0) is 19.3. The SMILES string of the molecule is CN=C(NCc1cccc(S(=O)(=O)NCCOC)c1)N1CCC2(CCC2)C1. The van der Waals surface area contributed by atoms with Crippen LogP contribution in [0.3, 0.4) is 0 Å². The molecule has 1 heterocycles. The van der Waals surface area contributed by atoms with Gasteiger partial charge in [0.15, 0.2) is 5.96 Å². The van der Waals surface area contributed by atoms with Gasteiger partial charge in [-0.25, -0.2) is 13.1 Å². The molecular formula is C19H30N4O3S. The van der Waals surface area contributed by atoms with E-state index in [2.05, 4.69) is 19.9 Å². The summed E-state index contributed by atoms with van der Waals surface area (Å²) in [6, 6.07) is 7.00. The summed E-state index contributed by atoms with van der Waals surface area (Å²) in [5.74, 6) is 0.894. The lowest BCUT2D eigenvalue weighted by atomic mass is 9.68. The Morgan fingerprint density at radius 3 is 2.78 bits per heavy atom. The largest absolute Gasteiger partial charge is 0.383 e. The number of rotatable bonds is 7. The second kappa shape index (κ2) is 8.58. The lowest BCUT2D eigenvalue weighted by molar-refractivity contribution is 0.151. The van der Waals surface area contributed by atoms with E-state index in [0.29, 0.717) is 18.6 Å². The van der Waals surface area contributed by atoms with Crippen molar-refractivity contribution in [2.24, 2.45) is 10.4 Å². The molecule has 2 aliphatic rings. The number of hydrogen-bond donors (Lipinski definition) is 2. The molecule has 0 amide bonds. The first-order valence-corrected chi connectivity index (χ1v) is 11.0. The quantitative estimate of drug-likeness (QED) is 0.417. The number of benzene rings is 1. The fourth-order valence-corrected chi connectivity index (χ4v) is 4.98. The predicted octanol–water partition coefficient (Wildman–Crippen LogP) is 1.56. The Kier molecular flexibility index (Phi) is 6.39. The first kappa shape index (κ1) is 20.1. The van der Waals surface area contributed by atoms with Gasteiger partial charge < -0.3 is 15.0 Å². The van der Waals surface area contributed by atoms with Gasteiger partial charge in [-0.3, -0.25) is 4.99 Å². The van der Waals surface area contributed by atoms with Gasteiger partial charge in [-0.05, 0) is 42.4 Å². The number of nitrogens with zero attached hydrogens (tertiary/aromatic N) is 2. The van der Waals surface area contributed by atoms with E-state index in [-0.39, 0.29) is 11.4 Å². The van der Waals surface area contributed by atoms with E-state index < -0.39 is 10.0 Å². The third-order valence-electron chi connectivity index (χ3n) is 5.62. The Hall–Kier alpha value is -1.64. The maximum atomic E-state index is 12.4. The van der Waals surface area contributed by atoms with E-state index in [1.165, 1.54) is 25.7 Å². The van der Waals surface area contributed by atoms with Crippen molar-refractivity contribution >= 4 is 16.0 Å². The van der Waals surface area contributed by atoms with Crippen molar-refractivity contribution in [1.29, 1.82) is 0 Å². The van der Waals surface area contributed by atoms with Gasteiger partial charge in [-0.15, -0.1) is 0 Å². The molecule has 27 heavy (non-hydrogen) atoms. The van der Waals surface area contributed by atoms with Gasteiger partial charge in [0.05, 0.1) is 11.5 Å². The van der Waals surface area contributed by atoms with Gasteiger partial charge in [0.25, 0.3) is 0 Å². The summed E-state index contributed by atoms with van der Waals surface area (Å²) >= 11 is 0. The Morgan fingerprint density at radius 1 is 1.33 bits per heavy atom. The molecule has 1 aromatic rings. The van der Waals surface area contributed by atoms with Crippen LogP contribution in [0, 0.1) is 5.41 Å². The highest BCUT2D eigenvalue weighted by molar-refractivity contribution is 7.89.